The smallest absolute Gasteiger partial charge is 0.372 e. The summed E-state index contributed by atoms with van der Waals surface area (Å²) in [6.45, 7) is 1.45. The molecule has 0 fully saturated rings. The average molecular weight is 309 g/mol. The van der Waals surface area contributed by atoms with Gasteiger partial charge in [-0.25, -0.2) is 0 Å². The molecule has 1 amide bonds. The highest BCUT2D eigenvalue weighted by Gasteiger charge is 2.40. The fraction of sp³-hybridized carbons (Fsp3) is 0.188. The molecule has 1 unspecified atom stereocenters. The number of nitrogens with two attached hydrogens (primary N) is 1. The molecule has 6 heteroatoms. The van der Waals surface area contributed by atoms with Crippen LogP contribution in [0.15, 0.2) is 48.5 Å². The molecule has 1 atom stereocenters. The molecule has 0 saturated carbocycles. The molecule has 2 aromatic carbocycles. The molecular weight excluding hydrogens is 295 g/mol. The number of primary amides is 1. The zero-order valence-electron chi connectivity index (χ0n) is 11.7. The summed E-state index contributed by atoms with van der Waals surface area (Å²) in [4.78, 5) is 11.8. The molecular formula is C16H14F3NO2. The van der Waals surface area contributed by atoms with E-state index in [9.17, 15) is 23.1 Å². The summed E-state index contributed by atoms with van der Waals surface area (Å²) in [5.74, 6) is -1.14. The molecule has 3 nitrogen and oxygen atoms in total. The number of carbonyl (C=O) groups excluding carboxylic acids is 1. The quantitative estimate of drug-likeness (QED) is 0.915. The van der Waals surface area contributed by atoms with Crippen LogP contribution in [-0.2, 0) is 16.6 Å². The van der Waals surface area contributed by atoms with Crippen molar-refractivity contribution < 1.29 is 23.1 Å². The van der Waals surface area contributed by atoms with E-state index in [1.165, 1.54) is 25.1 Å². The molecule has 3 N–H and O–H groups in total. The number of benzene rings is 2. The third-order valence-corrected chi connectivity index (χ3v) is 3.37. The van der Waals surface area contributed by atoms with Gasteiger partial charge in [-0.2, -0.15) is 13.2 Å². The molecule has 0 aliphatic rings. The summed E-state index contributed by atoms with van der Waals surface area (Å²) < 4.78 is 38.8. The van der Waals surface area contributed by atoms with Crippen LogP contribution in [-0.4, -0.2) is 11.0 Å². The van der Waals surface area contributed by atoms with E-state index in [1.54, 1.807) is 18.2 Å². The van der Waals surface area contributed by atoms with E-state index >= 15 is 0 Å². The normalized spacial score (nSPS) is 14.4. The summed E-state index contributed by atoms with van der Waals surface area (Å²) in [5, 5.41) is 10.7. The van der Waals surface area contributed by atoms with E-state index in [0.29, 0.717) is 0 Å². The standard InChI is InChI=1S/C16H14F3NO2/c1-10-7-12(9-13(8-10)16(17,18)19)15(22,14(20)21)11-5-3-2-4-6-11/h2-9,22H,1H3,(H2,20,21). The van der Waals surface area contributed by atoms with Gasteiger partial charge in [-0.15, -0.1) is 0 Å². The van der Waals surface area contributed by atoms with Crippen molar-refractivity contribution in [2.75, 3.05) is 0 Å². The van der Waals surface area contributed by atoms with Crippen molar-refractivity contribution in [3.05, 3.63) is 70.8 Å². The second-order valence-electron chi connectivity index (χ2n) is 5.03. The van der Waals surface area contributed by atoms with Gasteiger partial charge in [0.05, 0.1) is 5.56 Å². The zero-order valence-corrected chi connectivity index (χ0v) is 11.7. The summed E-state index contributed by atoms with van der Waals surface area (Å²) >= 11 is 0. The summed E-state index contributed by atoms with van der Waals surface area (Å²) in [7, 11) is 0. The molecule has 0 aliphatic heterocycles. The minimum atomic E-state index is -4.59. The fourth-order valence-electron chi connectivity index (χ4n) is 2.29. The predicted octanol–water partition coefficient (Wildman–Crippen LogP) is 2.74. The van der Waals surface area contributed by atoms with Crippen LogP contribution in [0.2, 0.25) is 0 Å². The average Bonchev–Trinajstić information content (AvgIpc) is 2.45. The fourth-order valence-corrected chi connectivity index (χ4v) is 2.29. The minimum Gasteiger partial charge on any atom is -0.372 e. The Morgan fingerprint density at radius 2 is 1.55 bits per heavy atom. The van der Waals surface area contributed by atoms with Gasteiger partial charge in [0.1, 0.15) is 0 Å². The van der Waals surface area contributed by atoms with Crippen molar-refractivity contribution in [3.63, 3.8) is 0 Å². The lowest BCUT2D eigenvalue weighted by Crippen LogP contribution is -2.42. The van der Waals surface area contributed by atoms with Gasteiger partial charge in [0.15, 0.2) is 5.60 Å². The van der Waals surface area contributed by atoms with Crippen molar-refractivity contribution in [3.8, 4) is 0 Å². The lowest BCUT2D eigenvalue weighted by atomic mass is 9.84. The van der Waals surface area contributed by atoms with E-state index in [-0.39, 0.29) is 16.7 Å². The molecule has 0 bridgehead atoms. The van der Waals surface area contributed by atoms with Crippen LogP contribution in [0, 0.1) is 6.92 Å². The van der Waals surface area contributed by atoms with Crippen molar-refractivity contribution in [1.29, 1.82) is 0 Å². The molecule has 2 aromatic rings. The Balaban J connectivity index is 2.70. The monoisotopic (exact) mass is 309 g/mol. The predicted molar refractivity (Wildman–Crippen MR) is 74.8 cm³/mol. The first-order chi connectivity index (χ1) is 10.2. The SMILES string of the molecule is Cc1cc(C(F)(F)F)cc(C(O)(C(N)=O)c2ccccc2)c1. The Labute approximate surface area is 125 Å². The number of amides is 1. The van der Waals surface area contributed by atoms with Crippen molar-refractivity contribution in [1.82, 2.24) is 0 Å². The number of carbonyl (C=O) groups is 1. The van der Waals surface area contributed by atoms with Gasteiger partial charge in [-0.05, 0) is 30.2 Å². The highest BCUT2D eigenvalue weighted by Crippen LogP contribution is 2.35. The second-order valence-corrected chi connectivity index (χ2v) is 5.03. The van der Waals surface area contributed by atoms with Crippen molar-refractivity contribution in [2.45, 2.75) is 18.7 Å². The van der Waals surface area contributed by atoms with Crippen LogP contribution in [0.25, 0.3) is 0 Å². The van der Waals surface area contributed by atoms with E-state index < -0.39 is 23.2 Å². The second kappa shape index (κ2) is 5.46. The number of aliphatic hydroxyl groups is 1. The Morgan fingerprint density at radius 1 is 1.00 bits per heavy atom. The first-order valence-corrected chi connectivity index (χ1v) is 6.43. The number of rotatable bonds is 3. The van der Waals surface area contributed by atoms with Crippen molar-refractivity contribution >= 4 is 5.91 Å². The number of halogens is 3. The summed E-state index contributed by atoms with van der Waals surface area (Å²) in [6, 6.07) is 10.6. The largest absolute Gasteiger partial charge is 0.416 e. The maximum absolute atomic E-state index is 12.9. The van der Waals surface area contributed by atoms with Crippen LogP contribution in [0.5, 0.6) is 0 Å². The molecule has 0 heterocycles. The van der Waals surface area contributed by atoms with Gasteiger partial charge in [-0.1, -0.05) is 42.0 Å². The van der Waals surface area contributed by atoms with Crippen LogP contribution in [0.1, 0.15) is 22.3 Å². The van der Waals surface area contributed by atoms with Crippen LogP contribution in [0.4, 0.5) is 13.2 Å². The van der Waals surface area contributed by atoms with E-state index in [1.807, 2.05) is 0 Å². The molecule has 0 aliphatic carbocycles. The van der Waals surface area contributed by atoms with Crippen LogP contribution >= 0.6 is 0 Å². The Morgan fingerprint density at radius 3 is 2.05 bits per heavy atom. The maximum atomic E-state index is 12.9. The van der Waals surface area contributed by atoms with Crippen molar-refractivity contribution in [2.24, 2.45) is 5.73 Å². The van der Waals surface area contributed by atoms with Gasteiger partial charge in [0, 0.05) is 0 Å². The van der Waals surface area contributed by atoms with Gasteiger partial charge in [0.25, 0.3) is 5.91 Å². The summed E-state index contributed by atoms with van der Waals surface area (Å²) in [5.41, 5.74) is 2.17. The van der Waals surface area contributed by atoms with Gasteiger partial charge in [-0.3, -0.25) is 4.79 Å². The number of hydrogen-bond donors (Lipinski definition) is 2. The first kappa shape index (κ1) is 16.0. The Bertz CT molecular complexity index is 698. The van der Waals surface area contributed by atoms with Crippen LogP contribution in [0.3, 0.4) is 0 Å². The lowest BCUT2D eigenvalue weighted by Gasteiger charge is -2.27. The Kier molecular flexibility index (Phi) is 3.98. The molecule has 0 radical (unpaired) electrons. The van der Waals surface area contributed by atoms with E-state index in [4.69, 9.17) is 5.73 Å². The minimum absolute atomic E-state index is 0.112. The number of hydrogen-bond acceptors (Lipinski definition) is 2. The van der Waals surface area contributed by atoms with Gasteiger partial charge < -0.3 is 10.8 Å². The van der Waals surface area contributed by atoms with Gasteiger partial charge >= 0.3 is 6.18 Å². The maximum Gasteiger partial charge on any atom is 0.416 e. The lowest BCUT2D eigenvalue weighted by molar-refractivity contribution is -0.138. The van der Waals surface area contributed by atoms with E-state index in [0.717, 1.165) is 12.1 Å². The molecule has 2 rings (SSSR count). The molecule has 116 valence electrons. The van der Waals surface area contributed by atoms with E-state index in [2.05, 4.69) is 0 Å². The number of alkyl halides is 3. The third-order valence-electron chi connectivity index (χ3n) is 3.37. The molecule has 0 aromatic heterocycles. The molecule has 0 saturated heterocycles. The third kappa shape index (κ3) is 2.82. The first-order valence-electron chi connectivity index (χ1n) is 6.43. The van der Waals surface area contributed by atoms with Gasteiger partial charge in [0.2, 0.25) is 0 Å². The Hall–Kier alpha value is -2.34. The molecule has 22 heavy (non-hydrogen) atoms. The van der Waals surface area contributed by atoms with Crippen LogP contribution < -0.4 is 5.73 Å². The zero-order chi connectivity index (χ0) is 16.5. The highest BCUT2D eigenvalue weighted by molar-refractivity contribution is 5.88. The topological polar surface area (TPSA) is 63.3 Å². The number of aryl methyl sites for hydroxylation is 1. The highest BCUT2D eigenvalue weighted by atomic mass is 19.4. The summed E-state index contributed by atoms with van der Waals surface area (Å²) in [6.07, 6.45) is -4.59. The molecule has 0 spiro atoms.